The van der Waals surface area contributed by atoms with E-state index in [2.05, 4.69) is 38.2 Å². The number of unbranched alkanes of at least 4 members (excludes halogenated alkanes) is 22. The van der Waals surface area contributed by atoms with Crippen LogP contribution in [0.3, 0.4) is 0 Å². The molecule has 278 valence electrons. The van der Waals surface area contributed by atoms with Crippen LogP contribution in [0, 0.1) is 0 Å². The Morgan fingerprint density at radius 1 is 0.468 bits per heavy atom. The van der Waals surface area contributed by atoms with Crippen LogP contribution in [0.1, 0.15) is 207 Å². The summed E-state index contributed by atoms with van der Waals surface area (Å²) < 4.78 is 11.6. The number of carbonyl (C=O) groups excluding carboxylic acids is 2. The number of carbonyl (C=O) groups is 2. The summed E-state index contributed by atoms with van der Waals surface area (Å²) in [5.41, 5.74) is 0. The van der Waals surface area contributed by atoms with Crippen LogP contribution >= 0.6 is 17.0 Å². The van der Waals surface area contributed by atoms with Crippen LogP contribution in [0.5, 0.6) is 0 Å². The molecule has 0 N–H and O–H groups in total. The Hall–Kier alpha value is -1.14. The SMILES string of the molecule is Br.CCCCCCCC/C=C\CCCCCCCC(=O)OC(CC)(OC(=O)CCCCCCC/C=C\CCCCCCCC)N(C)C. The maximum atomic E-state index is 12.7. The molecule has 0 bridgehead atoms. The molecule has 0 unspecified atom stereocenters. The van der Waals surface area contributed by atoms with E-state index in [9.17, 15) is 9.59 Å². The zero-order valence-corrected chi connectivity index (χ0v) is 33.5. The van der Waals surface area contributed by atoms with Gasteiger partial charge in [0.1, 0.15) is 0 Å². The fraction of sp³-hybridized carbons (Fsp3) is 0.854. The normalized spacial score (nSPS) is 11.9. The van der Waals surface area contributed by atoms with E-state index in [0.717, 1.165) is 51.4 Å². The van der Waals surface area contributed by atoms with Crippen molar-refractivity contribution in [1.29, 1.82) is 0 Å². The summed E-state index contributed by atoms with van der Waals surface area (Å²) in [6.45, 7) is 6.42. The lowest BCUT2D eigenvalue weighted by Gasteiger charge is -2.36. The molecule has 0 aliphatic heterocycles. The second-order valence-corrected chi connectivity index (χ2v) is 13.6. The lowest BCUT2D eigenvalue weighted by atomic mass is 10.1. The average molecular weight is 729 g/mol. The van der Waals surface area contributed by atoms with Gasteiger partial charge in [0.05, 0.1) is 0 Å². The lowest BCUT2D eigenvalue weighted by molar-refractivity contribution is -0.280. The van der Waals surface area contributed by atoms with E-state index in [0.29, 0.717) is 19.3 Å². The van der Waals surface area contributed by atoms with Crippen molar-refractivity contribution in [3.8, 4) is 0 Å². The molecule has 0 aliphatic carbocycles. The van der Waals surface area contributed by atoms with Crippen LogP contribution in [0.15, 0.2) is 24.3 Å². The molecule has 47 heavy (non-hydrogen) atoms. The number of ether oxygens (including phenoxy) is 2. The smallest absolute Gasteiger partial charge is 0.319 e. The van der Waals surface area contributed by atoms with Gasteiger partial charge in [-0.1, -0.05) is 148 Å². The molecule has 6 heteroatoms. The van der Waals surface area contributed by atoms with Crippen molar-refractivity contribution >= 4 is 28.9 Å². The number of hydrogen-bond acceptors (Lipinski definition) is 5. The van der Waals surface area contributed by atoms with Crippen molar-refractivity contribution in [2.24, 2.45) is 0 Å². The molecular formula is C41H78BrNO4. The summed E-state index contributed by atoms with van der Waals surface area (Å²) in [5.74, 6) is -1.90. The third-order valence-electron chi connectivity index (χ3n) is 8.96. The predicted molar refractivity (Wildman–Crippen MR) is 208 cm³/mol. The van der Waals surface area contributed by atoms with Gasteiger partial charge in [0.15, 0.2) is 0 Å². The second-order valence-electron chi connectivity index (χ2n) is 13.6. The van der Waals surface area contributed by atoms with Crippen molar-refractivity contribution in [3.63, 3.8) is 0 Å². The molecule has 0 amide bonds. The first kappa shape index (κ1) is 48.0. The van der Waals surface area contributed by atoms with Crippen molar-refractivity contribution in [2.75, 3.05) is 14.1 Å². The Bertz CT molecular complexity index is 698. The number of halogens is 1. The zero-order chi connectivity index (χ0) is 34.0. The van der Waals surface area contributed by atoms with Gasteiger partial charge in [-0.3, -0.25) is 9.59 Å². The van der Waals surface area contributed by atoms with Gasteiger partial charge < -0.3 is 9.47 Å². The lowest BCUT2D eigenvalue weighted by Crippen LogP contribution is -2.51. The molecule has 0 fully saturated rings. The quantitative estimate of drug-likeness (QED) is 0.0286. The summed E-state index contributed by atoms with van der Waals surface area (Å²) in [5, 5.41) is 0. The van der Waals surface area contributed by atoms with Crippen molar-refractivity contribution < 1.29 is 19.1 Å². The Morgan fingerprint density at radius 3 is 1.02 bits per heavy atom. The number of allylic oxidation sites excluding steroid dienone is 4. The van der Waals surface area contributed by atoms with Crippen molar-refractivity contribution in [1.82, 2.24) is 4.90 Å². The maximum Gasteiger partial charge on any atom is 0.319 e. The van der Waals surface area contributed by atoms with E-state index in [1.807, 2.05) is 6.92 Å². The molecule has 0 aromatic heterocycles. The van der Waals surface area contributed by atoms with Crippen LogP contribution in [0.25, 0.3) is 0 Å². The molecule has 0 aliphatic rings. The Balaban J connectivity index is 0. The molecule has 0 aromatic carbocycles. The number of hydrogen-bond donors (Lipinski definition) is 0. The van der Waals surface area contributed by atoms with E-state index >= 15 is 0 Å². The minimum absolute atomic E-state index is 0. The van der Waals surface area contributed by atoms with Gasteiger partial charge in [-0.05, 0) is 78.3 Å². The van der Waals surface area contributed by atoms with Crippen molar-refractivity contribution in [3.05, 3.63) is 24.3 Å². The third-order valence-corrected chi connectivity index (χ3v) is 8.96. The van der Waals surface area contributed by atoms with E-state index in [1.54, 1.807) is 19.0 Å². The highest BCUT2D eigenvalue weighted by molar-refractivity contribution is 8.93. The summed E-state index contributed by atoms with van der Waals surface area (Å²) in [4.78, 5) is 27.1. The molecule has 0 spiro atoms. The maximum absolute atomic E-state index is 12.7. The van der Waals surface area contributed by atoms with E-state index in [4.69, 9.17) is 9.47 Å². The Morgan fingerprint density at radius 2 is 0.745 bits per heavy atom. The number of nitrogens with zero attached hydrogens (tertiary/aromatic N) is 1. The minimum Gasteiger partial charge on any atom is -0.408 e. The van der Waals surface area contributed by atoms with E-state index in [-0.39, 0.29) is 28.9 Å². The summed E-state index contributed by atoms with van der Waals surface area (Å²) in [6.07, 6.45) is 42.3. The highest BCUT2D eigenvalue weighted by Crippen LogP contribution is 2.24. The molecule has 5 nitrogen and oxygen atoms in total. The number of esters is 2. The van der Waals surface area contributed by atoms with Gasteiger partial charge >= 0.3 is 17.8 Å². The molecule has 0 aromatic rings. The highest BCUT2D eigenvalue weighted by Gasteiger charge is 2.39. The van der Waals surface area contributed by atoms with Gasteiger partial charge in [-0.25, -0.2) is 4.90 Å². The molecule has 0 saturated carbocycles. The summed E-state index contributed by atoms with van der Waals surface area (Å²) >= 11 is 0. The summed E-state index contributed by atoms with van der Waals surface area (Å²) in [7, 11) is 3.60. The van der Waals surface area contributed by atoms with Crippen LogP contribution in [-0.2, 0) is 19.1 Å². The first-order valence-corrected chi connectivity index (χ1v) is 19.8. The first-order valence-electron chi connectivity index (χ1n) is 19.8. The molecule has 0 atom stereocenters. The largest absolute Gasteiger partial charge is 0.408 e. The van der Waals surface area contributed by atoms with Crippen LogP contribution in [-0.4, -0.2) is 36.8 Å². The van der Waals surface area contributed by atoms with Crippen LogP contribution in [0.2, 0.25) is 0 Å². The fourth-order valence-corrected chi connectivity index (χ4v) is 5.80. The van der Waals surface area contributed by atoms with Gasteiger partial charge in [0.2, 0.25) is 0 Å². The average Bonchev–Trinajstić information content (AvgIpc) is 3.04. The zero-order valence-electron chi connectivity index (χ0n) is 31.8. The molecule has 0 heterocycles. The topological polar surface area (TPSA) is 55.8 Å². The second kappa shape index (κ2) is 36.1. The first-order chi connectivity index (χ1) is 22.4. The third kappa shape index (κ3) is 30.6. The molecule has 0 rings (SSSR count). The Labute approximate surface area is 303 Å². The van der Waals surface area contributed by atoms with Crippen LogP contribution < -0.4 is 0 Å². The van der Waals surface area contributed by atoms with E-state index < -0.39 is 5.91 Å². The van der Waals surface area contributed by atoms with Crippen LogP contribution in [0.4, 0.5) is 0 Å². The van der Waals surface area contributed by atoms with E-state index in [1.165, 1.54) is 116 Å². The Kier molecular flexibility index (Phi) is 36.9. The fourth-order valence-electron chi connectivity index (χ4n) is 5.80. The monoisotopic (exact) mass is 728 g/mol. The highest BCUT2D eigenvalue weighted by atomic mass is 79.9. The minimum atomic E-state index is -1.32. The van der Waals surface area contributed by atoms with Gasteiger partial charge in [0, 0.05) is 19.3 Å². The summed E-state index contributed by atoms with van der Waals surface area (Å²) in [6, 6.07) is 0. The number of rotatable bonds is 34. The van der Waals surface area contributed by atoms with Gasteiger partial charge in [-0.2, -0.15) is 0 Å². The predicted octanol–water partition coefficient (Wildman–Crippen LogP) is 13.4. The molecule has 0 saturated heterocycles. The molecule has 0 radical (unpaired) electrons. The standard InChI is InChI=1S/C41H77NO4.BrH/c1-6-9-11-13-15-17-19-21-23-25-27-29-31-33-35-37-39(43)45-41(8-3,42(4)5)46-40(44)38-36-34-32-30-28-26-24-22-20-18-16-14-12-10-7-2;/h21-24H,6-20,25-38H2,1-5H3;1H/b23-21-,24-22-;. The van der Waals surface area contributed by atoms with Gasteiger partial charge in [-0.15, -0.1) is 17.0 Å². The van der Waals surface area contributed by atoms with Crippen molar-refractivity contribution in [2.45, 2.75) is 213 Å². The molecular weight excluding hydrogens is 650 g/mol. The van der Waals surface area contributed by atoms with Gasteiger partial charge in [0.25, 0.3) is 0 Å².